The smallest absolute Gasteiger partial charge is 0.235 e. The van der Waals surface area contributed by atoms with E-state index >= 15 is 0 Å². The lowest BCUT2D eigenvalue weighted by molar-refractivity contribution is -0.633. The van der Waals surface area contributed by atoms with Crippen LogP contribution >= 0.6 is 11.3 Å². The van der Waals surface area contributed by atoms with Crippen LogP contribution in [-0.4, -0.2) is 9.55 Å². The van der Waals surface area contributed by atoms with Crippen LogP contribution in [0.5, 0.6) is 0 Å². The summed E-state index contributed by atoms with van der Waals surface area (Å²) in [4.78, 5) is 5.34. The molecule has 0 N–H and O–H groups in total. The topological polar surface area (TPSA) is 21.7 Å². The minimum absolute atomic E-state index is 1.06. The van der Waals surface area contributed by atoms with Crippen molar-refractivity contribution < 1.29 is 4.57 Å². The van der Waals surface area contributed by atoms with E-state index in [4.69, 9.17) is 4.98 Å². The third-order valence-corrected chi connectivity index (χ3v) is 8.75. The summed E-state index contributed by atoms with van der Waals surface area (Å²) < 4.78 is 5.96. The summed E-state index contributed by atoms with van der Waals surface area (Å²) in [6.07, 6.45) is 0. The van der Waals surface area contributed by atoms with Gasteiger partial charge in [0, 0.05) is 10.9 Å². The number of hydrogen-bond acceptors (Lipinski definition) is 2. The first-order valence-electron chi connectivity index (χ1n) is 13.0. The highest BCUT2D eigenvalue weighted by Crippen LogP contribution is 2.40. The van der Waals surface area contributed by atoms with E-state index in [1.54, 1.807) is 11.3 Å². The Morgan fingerprint density at radius 2 is 1.37 bits per heavy atom. The van der Waals surface area contributed by atoms with Crippen LogP contribution in [0, 0.1) is 20.8 Å². The van der Waals surface area contributed by atoms with Crippen LogP contribution < -0.4 is 4.57 Å². The Balaban J connectivity index is 1.61. The van der Waals surface area contributed by atoms with E-state index in [0.717, 1.165) is 16.3 Å². The molecule has 184 valence electrons. The Kier molecular flexibility index (Phi) is 5.20. The second-order valence-corrected chi connectivity index (χ2v) is 11.1. The molecule has 0 aliphatic rings. The van der Waals surface area contributed by atoms with Crippen molar-refractivity contribution in [2.75, 3.05) is 0 Å². The van der Waals surface area contributed by atoms with Crippen LogP contribution in [0.15, 0.2) is 97.1 Å². The average Bonchev–Trinajstić information content (AvgIpc) is 3.47. The Morgan fingerprint density at radius 3 is 2.21 bits per heavy atom. The lowest BCUT2D eigenvalue weighted by Gasteiger charge is -2.09. The van der Waals surface area contributed by atoms with Crippen molar-refractivity contribution in [2.24, 2.45) is 7.05 Å². The van der Waals surface area contributed by atoms with Gasteiger partial charge in [0.2, 0.25) is 0 Å². The predicted molar refractivity (Wildman–Crippen MR) is 160 cm³/mol. The van der Waals surface area contributed by atoms with Gasteiger partial charge in [-0.2, -0.15) is 4.57 Å². The van der Waals surface area contributed by atoms with Crippen molar-refractivity contribution in [1.29, 1.82) is 0 Å². The lowest BCUT2D eigenvalue weighted by Crippen LogP contribution is -2.30. The maximum absolute atomic E-state index is 5.34. The molecule has 0 spiro atoms. The van der Waals surface area contributed by atoms with Gasteiger partial charge in [0.25, 0.3) is 5.82 Å². The fourth-order valence-electron chi connectivity index (χ4n) is 5.88. The quantitative estimate of drug-likeness (QED) is 0.218. The molecule has 0 saturated heterocycles. The zero-order valence-electron chi connectivity index (χ0n) is 22.0. The van der Waals surface area contributed by atoms with Crippen molar-refractivity contribution in [3.05, 3.63) is 114 Å². The van der Waals surface area contributed by atoms with Crippen LogP contribution in [0.4, 0.5) is 0 Å². The summed E-state index contributed by atoms with van der Waals surface area (Å²) in [7, 11) is 2.18. The highest BCUT2D eigenvalue weighted by atomic mass is 32.1. The average molecular weight is 511 g/mol. The fraction of sp³-hybridized carbons (Fsp3) is 0.118. The molecule has 0 unspecified atom stereocenters. The van der Waals surface area contributed by atoms with E-state index in [0.29, 0.717) is 0 Å². The third kappa shape index (κ3) is 3.34. The summed E-state index contributed by atoms with van der Waals surface area (Å²) in [6.45, 7) is 6.57. The zero-order chi connectivity index (χ0) is 26.0. The molecule has 7 rings (SSSR count). The van der Waals surface area contributed by atoms with E-state index in [1.807, 2.05) is 0 Å². The van der Waals surface area contributed by atoms with Crippen molar-refractivity contribution >= 4 is 43.4 Å². The summed E-state index contributed by atoms with van der Waals surface area (Å²) in [5.41, 5.74) is 10.8. The van der Waals surface area contributed by atoms with Gasteiger partial charge in [-0.25, -0.2) is 9.55 Å². The van der Waals surface area contributed by atoms with Crippen molar-refractivity contribution in [1.82, 2.24) is 9.55 Å². The highest BCUT2D eigenvalue weighted by molar-refractivity contribution is 7.21. The molecule has 7 aromatic rings. The number of fused-ring (bicyclic) bond motifs is 3. The predicted octanol–water partition coefficient (Wildman–Crippen LogP) is 8.48. The Hall–Kier alpha value is -4.28. The molecule has 3 nitrogen and oxygen atoms in total. The number of rotatable bonds is 3. The van der Waals surface area contributed by atoms with Gasteiger partial charge >= 0.3 is 0 Å². The van der Waals surface area contributed by atoms with Gasteiger partial charge in [0.1, 0.15) is 10.7 Å². The third-order valence-electron chi connectivity index (χ3n) is 7.71. The normalized spacial score (nSPS) is 11.7. The van der Waals surface area contributed by atoms with Crippen LogP contribution in [-0.2, 0) is 7.05 Å². The molecule has 38 heavy (non-hydrogen) atoms. The van der Waals surface area contributed by atoms with E-state index < -0.39 is 0 Å². The van der Waals surface area contributed by atoms with E-state index in [9.17, 15) is 0 Å². The number of aryl methyl sites for hydroxylation is 4. The van der Waals surface area contributed by atoms with Gasteiger partial charge in [-0.3, -0.25) is 0 Å². The zero-order valence-corrected chi connectivity index (χ0v) is 22.8. The maximum atomic E-state index is 5.34. The number of benzene rings is 5. The van der Waals surface area contributed by atoms with Crippen LogP contribution in [0.2, 0.25) is 0 Å². The van der Waals surface area contributed by atoms with Crippen molar-refractivity contribution in [3.63, 3.8) is 0 Å². The second-order valence-electron chi connectivity index (χ2n) is 10.1. The SMILES string of the molecule is Cc1cccc(C)c1-c1nc2c(-c3n(-c4cccc5ccccc45)c4ccccc4[n+]3C)c(C)ccc2s1. The van der Waals surface area contributed by atoms with E-state index in [1.165, 1.54) is 60.0 Å². The molecule has 0 atom stereocenters. The molecular formula is C34H28N3S+. The summed E-state index contributed by atoms with van der Waals surface area (Å²) in [5, 5.41) is 3.55. The number of nitrogens with zero attached hydrogens (tertiary/aromatic N) is 3. The second kappa shape index (κ2) is 8.64. The molecule has 2 heterocycles. The van der Waals surface area contributed by atoms with Gasteiger partial charge < -0.3 is 0 Å². The molecule has 0 amide bonds. The van der Waals surface area contributed by atoms with Crippen molar-refractivity contribution in [2.45, 2.75) is 20.8 Å². The highest BCUT2D eigenvalue weighted by Gasteiger charge is 2.30. The minimum Gasteiger partial charge on any atom is -0.235 e. The summed E-state index contributed by atoms with van der Waals surface area (Å²) in [6, 6.07) is 34.9. The van der Waals surface area contributed by atoms with Crippen LogP contribution in [0.1, 0.15) is 16.7 Å². The summed E-state index contributed by atoms with van der Waals surface area (Å²) >= 11 is 1.78. The van der Waals surface area contributed by atoms with Crippen LogP contribution in [0.3, 0.4) is 0 Å². The lowest BCUT2D eigenvalue weighted by atomic mass is 10.0. The largest absolute Gasteiger partial charge is 0.297 e. The number of aromatic nitrogens is 3. The summed E-state index contributed by atoms with van der Waals surface area (Å²) in [5.74, 6) is 1.14. The molecule has 0 aliphatic heterocycles. The Morgan fingerprint density at radius 1 is 0.684 bits per heavy atom. The first kappa shape index (κ1) is 22.9. The van der Waals surface area contributed by atoms with E-state index in [-0.39, 0.29) is 0 Å². The minimum atomic E-state index is 1.06. The standard InChI is InChI=1S/C34H28N3S/c1-21-11-9-12-22(2)30(21)33-35-32-29(38-33)20-19-23(3)31(32)34-36(4)27-16-7-8-17-28(27)37(34)26-18-10-14-24-13-5-6-15-25(24)26/h5-20H,1-4H3/q+1. The molecule has 0 radical (unpaired) electrons. The van der Waals surface area contributed by atoms with Gasteiger partial charge in [0.15, 0.2) is 11.0 Å². The Bertz CT molecular complexity index is 2000. The molecule has 0 bridgehead atoms. The molecule has 0 aliphatic carbocycles. The van der Waals surface area contributed by atoms with Gasteiger partial charge in [-0.15, -0.1) is 11.3 Å². The van der Waals surface area contributed by atoms with Gasteiger partial charge in [-0.05, 0) is 67.1 Å². The first-order chi connectivity index (χ1) is 18.5. The Labute approximate surface area is 226 Å². The monoisotopic (exact) mass is 510 g/mol. The molecule has 4 heteroatoms. The fourth-order valence-corrected chi connectivity index (χ4v) is 7.03. The van der Waals surface area contributed by atoms with Crippen molar-refractivity contribution in [3.8, 4) is 27.6 Å². The number of hydrogen-bond donors (Lipinski definition) is 0. The maximum Gasteiger partial charge on any atom is 0.297 e. The molecule has 2 aromatic heterocycles. The number of thiazole rings is 1. The molecule has 0 fully saturated rings. The first-order valence-corrected chi connectivity index (χ1v) is 13.8. The van der Waals surface area contributed by atoms with Gasteiger partial charge in [-0.1, -0.05) is 72.8 Å². The molecular weight excluding hydrogens is 482 g/mol. The number of para-hydroxylation sites is 2. The van der Waals surface area contributed by atoms with E-state index in [2.05, 4.69) is 134 Å². The molecule has 0 saturated carbocycles. The van der Waals surface area contributed by atoms with Crippen LogP contribution in [0.25, 0.3) is 59.7 Å². The number of imidazole rings is 1. The molecule has 5 aromatic carbocycles. The van der Waals surface area contributed by atoms with Gasteiger partial charge in [0.05, 0.1) is 22.8 Å².